The van der Waals surface area contributed by atoms with Crippen LogP contribution in [0.4, 0.5) is 0 Å². The molecule has 1 saturated heterocycles. The van der Waals surface area contributed by atoms with Crippen LogP contribution < -0.4 is 11.2 Å². The third-order valence-corrected chi connectivity index (χ3v) is 3.26. The molecule has 0 radical (unpaired) electrons. The van der Waals surface area contributed by atoms with Crippen molar-refractivity contribution >= 4 is 0 Å². The van der Waals surface area contributed by atoms with Crippen LogP contribution in [0, 0.1) is 0 Å². The van der Waals surface area contributed by atoms with E-state index in [2.05, 4.69) is 0 Å². The average Bonchev–Trinajstić information content (AvgIpc) is 2.61. The normalized spacial score (nSPS) is 34.6. The lowest BCUT2D eigenvalue weighted by molar-refractivity contribution is -0.139. The first-order valence-corrected chi connectivity index (χ1v) is 5.52. The van der Waals surface area contributed by atoms with E-state index in [1.165, 1.54) is 6.92 Å². The average molecular weight is 274 g/mol. The van der Waals surface area contributed by atoms with Crippen molar-refractivity contribution in [1.82, 2.24) is 9.30 Å². The minimum Gasteiger partial charge on any atom is -0.421 e. The molecule has 0 bridgehead atoms. The van der Waals surface area contributed by atoms with Gasteiger partial charge in [-0.1, -0.05) is 4.73 Å². The Morgan fingerprint density at radius 2 is 2.05 bits per heavy atom. The van der Waals surface area contributed by atoms with Gasteiger partial charge >= 0.3 is 5.69 Å². The Kier molecular flexibility index (Phi) is 3.22. The van der Waals surface area contributed by atoms with Gasteiger partial charge in [-0.25, -0.2) is 4.79 Å². The zero-order valence-corrected chi connectivity index (χ0v) is 10.0. The Labute approximate surface area is 106 Å². The molecular weight excluding hydrogens is 260 g/mol. The molecule has 0 aliphatic carbocycles. The highest BCUT2D eigenvalue weighted by atomic mass is 16.6. The summed E-state index contributed by atoms with van der Waals surface area (Å²) >= 11 is 0. The number of aliphatic hydroxyl groups is 3. The summed E-state index contributed by atoms with van der Waals surface area (Å²) in [6.45, 7) is 0.740. The van der Waals surface area contributed by atoms with Crippen molar-refractivity contribution in [3.63, 3.8) is 0 Å². The van der Waals surface area contributed by atoms with Gasteiger partial charge in [-0.15, -0.1) is 0 Å². The van der Waals surface area contributed by atoms with Gasteiger partial charge in [0.1, 0.15) is 18.3 Å². The SMILES string of the molecule is C[C@@]1(n2ccc(=O)n(O)c2=O)O[C@H](CO)[C@@H](O)[C@H]1O. The van der Waals surface area contributed by atoms with Crippen LogP contribution in [0.25, 0.3) is 0 Å². The fourth-order valence-electron chi connectivity index (χ4n) is 2.12. The summed E-state index contributed by atoms with van der Waals surface area (Å²) in [6, 6.07) is 0.904. The second-order valence-corrected chi connectivity index (χ2v) is 4.45. The second kappa shape index (κ2) is 4.46. The molecule has 0 amide bonds. The van der Waals surface area contributed by atoms with Crippen LogP contribution in [0.5, 0.6) is 0 Å². The van der Waals surface area contributed by atoms with Crippen molar-refractivity contribution in [3.05, 3.63) is 33.1 Å². The molecule has 1 aromatic rings. The van der Waals surface area contributed by atoms with E-state index in [-0.39, 0.29) is 4.73 Å². The van der Waals surface area contributed by atoms with Crippen molar-refractivity contribution in [1.29, 1.82) is 0 Å². The summed E-state index contributed by atoms with van der Waals surface area (Å²) in [7, 11) is 0. The molecule has 0 spiro atoms. The topological polar surface area (TPSA) is 134 Å². The predicted octanol–water partition coefficient (Wildman–Crippen LogP) is -2.97. The number of hydrogen-bond acceptors (Lipinski definition) is 7. The number of aromatic nitrogens is 2. The number of ether oxygens (including phenoxy) is 1. The van der Waals surface area contributed by atoms with E-state index in [1.54, 1.807) is 0 Å². The lowest BCUT2D eigenvalue weighted by Gasteiger charge is -2.29. The van der Waals surface area contributed by atoms with E-state index in [9.17, 15) is 25.0 Å². The van der Waals surface area contributed by atoms with Gasteiger partial charge in [0.2, 0.25) is 0 Å². The summed E-state index contributed by atoms with van der Waals surface area (Å²) in [6.07, 6.45) is -2.96. The molecule has 2 heterocycles. The summed E-state index contributed by atoms with van der Waals surface area (Å²) in [5.74, 6) is 0. The lowest BCUT2D eigenvalue weighted by atomic mass is 10.0. The van der Waals surface area contributed by atoms with Gasteiger partial charge in [-0.05, 0) is 6.92 Å². The molecular formula is C10H14N2O7. The smallest absolute Gasteiger partial charge is 0.366 e. The molecule has 0 aromatic carbocycles. The van der Waals surface area contributed by atoms with Crippen molar-refractivity contribution in [2.75, 3.05) is 6.61 Å². The first-order valence-electron chi connectivity index (χ1n) is 5.52. The molecule has 2 rings (SSSR count). The van der Waals surface area contributed by atoms with E-state index >= 15 is 0 Å². The number of hydrogen-bond donors (Lipinski definition) is 4. The fourth-order valence-corrected chi connectivity index (χ4v) is 2.12. The summed E-state index contributed by atoms with van der Waals surface area (Å²) < 4.78 is 5.91. The zero-order chi connectivity index (χ0) is 14.4. The quantitative estimate of drug-likeness (QED) is 0.423. The van der Waals surface area contributed by atoms with Crippen LogP contribution in [0.3, 0.4) is 0 Å². The molecule has 106 valence electrons. The standard InChI is InChI=1S/C10H14N2O7/c1-10(8(16)7(15)5(4-13)19-10)11-3-2-6(14)12(18)9(11)17/h2-3,5,7-8,13,15-16,18H,4H2,1H3/t5-,7-,8-,10-/m1/s1. The molecule has 0 saturated carbocycles. The lowest BCUT2D eigenvalue weighted by Crippen LogP contribution is -2.51. The van der Waals surface area contributed by atoms with Crippen molar-refractivity contribution in [2.24, 2.45) is 0 Å². The van der Waals surface area contributed by atoms with Crippen LogP contribution >= 0.6 is 0 Å². The number of aliphatic hydroxyl groups excluding tert-OH is 3. The van der Waals surface area contributed by atoms with Crippen LogP contribution in [0.2, 0.25) is 0 Å². The van der Waals surface area contributed by atoms with Crippen molar-refractivity contribution < 1.29 is 25.3 Å². The monoisotopic (exact) mass is 274 g/mol. The molecule has 9 heteroatoms. The van der Waals surface area contributed by atoms with Crippen LogP contribution in [0.15, 0.2) is 21.9 Å². The molecule has 4 N–H and O–H groups in total. The molecule has 1 aliphatic rings. The van der Waals surface area contributed by atoms with Gasteiger partial charge in [0, 0.05) is 12.3 Å². The van der Waals surface area contributed by atoms with Crippen molar-refractivity contribution in [3.8, 4) is 0 Å². The Balaban J connectivity index is 2.56. The summed E-state index contributed by atoms with van der Waals surface area (Å²) in [5.41, 5.74) is -3.77. The third-order valence-electron chi connectivity index (χ3n) is 3.26. The van der Waals surface area contributed by atoms with Crippen LogP contribution in [-0.2, 0) is 10.5 Å². The highest BCUT2D eigenvalue weighted by Gasteiger charge is 2.52. The maximum absolute atomic E-state index is 11.8. The molecule has 1 aliphatic heterocycles. The first kappa shape index (κ1) is 13.7. The highest BCUT2D eigenvalue weighted by molar-refractivity contribution is 4.99. The van der Waals surface area contributed by atoms with E-state index in [0.29, 0.717) is 0 Å². The van der Waals surface area contributed by atoms with Gasteiger partial charge < -0.3 is 25.3 Å². The van der Waals surface area contributed by atoms with E-state index in [4.69, 9.17) is 9.84 Å². The second-order valence-electron chi connectivity index (χ2n) is 4.45. The Morgan fingerprint density at radius 3 is 2.58 bits per heavy atom. The van der Waals surface area contributed by atoms with Gasteiger partial charge in [-0.2, -0.15) is 0 Å². The summed E-state index contributed by atoms with van der Waals surface area (Å²) in [4.78, 5) is 22.9. The van der Waals surface area contributed by atoms with E-state index in [1.807, 2.05) is 0 Å². The van der Waals surface area contributed by atoms with E-state index in [0.717, 1.165) is 16.8 Å². The maximum Gasteiger partial charge on any atom is 0.366 e. The summed E-state index contributed by atoms with van der Waals surface area (Å²) in [5, 5.41) is 37.9. The third kappa shape index (κ3) is 1.87. The zero-order valence-electron chi connectivity index (χ0n) is 10.0. The first-order chi connectivity index (χ1) is 8.82. The minimum absolute atomic E-state index is 0.139. The predicted molar refractivity (Wildman–Crippen MR) is 59.8 cm³/mol. The van der Waals surface area contributed by atoms with Gasteiger partial charge in [-0.3, -0.25) is 9.36 Å². The molecule has 9 nitrogen and oxygen atoms in total. The van der Waals surface area contributed by atoms with Crippen molar-refractivity contribution in [2.45, 2.75) is 31.0 Å². The molecule has 1 aromatic heterocycles. The number of nitrogens with zero attached hydrogens (tertiary/aromatic N) is 2. The van der Waals surface area contributed by atoms with Crippen LogP contribution in [0.1, 0.15) is 6.92 Å². The molecule has 19 heavy (non-hydrogen) atoms. The molecule has 0 unspecified atom stereocenters. The highest BCUT2D eigenvalue weighted by Crippen LogP contribution is 2.33. The Hall–Kier alpha value is -1.68. The van der Waals surface area contributed by atoms with Gasteiger partial charge in [0.25, 0.3) is 5.56 Å². The fraction of sp³-hybridized carbons (Fsp3) is 0.600. The Morgan fingerprint density at radius 1 is 1.42 bits per heavy atom. The minimum atomic E-state index is -1.71. The van der Waals surface area contributed by atoms with Gasteiger partial charge in [0.15, 0.2) is 5.72 Å². The largest absolute Gasteiger partial charge is 0.421 e. The van der Waals surface area contributed by atoms with Crippen LogP contribution in [-0.4, -0.2) is 54.7 Å². The molecule has 4 atom stereocenters. The maximum atomic E-state index is 11.8. The Bertz CT molecular complexity index is 594. The van der Waals surface area contributed by atoms with Gasteiger partial charge in [0.05, 0.1) is 6.61 Å². The number of rotatable bonds is 2. The molecule has 1 fully saturated rings. The van der Waals surface area contributed by atoms with E-state index < -0.39 is 41.9 Å².